The van der Waals surface area contributed by atoms with Gasteiger partial charge in [-0.3, -0.25) is 0 Å². The minimum atomic E-state index is -0.449. The van der Waals surface area contributed by atoms with E-state index in [2.05, 4.69) is 10.6 Å². The molecule has 0 aliphatic rings. The van der Waals surface area contributed by atoms with Crippen LogP contribution in [-0.4, -0.2) is 26.2 Å². The van der Waals surface area contributed by atoms with Gasteiger partial charge in [0, 0.05) is 21.5 Å². The molecule has 0 saturated heterocycles. The average molecular weight is 370 g/mol. The van der Waals surface area contributed by atoms with Gasteiger partial charge in [0.25, 0.3) is 0 Å². The molecule has 3 rings (SSSR count). The molecule has 0 atom stereocenters. The molecule has 0 aliphatic heterocycles. The molecule has 7 heteroatoms. The summed E-state index contributed by atoms with van der Waals surface area (Å²) in [5, 5.41) is 6.32. The molecular weight excluding hydrogens is 352 g/mol. The third-order valence-electron chi connectivity index (χ3n) is 3.75. The first kappa shape index (κ1) is 17.8. The number of carbonyl (C=O) groups is 2. The van der Waals surface area contributed by atoms with E-state index < -0.39 is 5.97 Å². The van der Waals surface area contributed by atoms with Gasteiger partial charge in [-0.2, -0.15) is 0 Å². The summed E-state index contributed by atoms with van der Waals surface area (Å²) in [4.78, 5) is 24.5. The number of esters is 1. The number of amides is 2. The lowest BCUT2D eigenvalue weighted by atomic mass is 10.2. The van der Waals surface area contributed by atoms with E-state index in [9.17, 15) is 9.59 Å². The lowest BCUT2D eigenvalue weighted by molar-refractivity contribution is 0.0603. The number of hydrogen-bond acceptors (Lipinski definition) is 5. The summed E-state index contributed by atoms with van der Waals surface area (Å²) >= 11 is 1.29. The van der Waals surface area contributed by atoms with Crippen LogP contribution in [0.15, 0.2) is 42.5 Å². The second kappa shape index (κ2) is 7.45. The first-order chi connectivity index (χ1) is 12.5. The van der Waals surface area contributed by atoms with Crippen LogP contribution in [-0.2, 0) is 4.74 Å². The average Bonchev–Trinajstić information content (AvgIpc) is 2.98. The predicted octanol–water partition coefficient (Wildman–Crippen LogP) is 4.65. The highest BCUT2D eigenvalue weighted by Gasteiger charge is 2.20. The highest BCUT2D eigenvalue weighted by Crippen LogP contribution is 2.39. The number of nitrogens with one attached hydrogen (secondary N) is 2. The fraction of sp³-hybridized carbons (Fsp3) is 0.158. The van der Waals surface area contributed by atoms with Crippen molar-refractivity contribution in [2.24, 2.45) is 0 Å². The molecule has 2 amide bonds. The van der Waals surface area contributed by atoms with Crippen molar-refractivity contribution >= 4 is 44.8 Å². The van der Waals surface area contributed by atoms with E-state index in [1.54, 1.807) is 12.1 Å². The summed E-state index contributed by atoms with van der Waals surface area (Å²) in [7, 11) is 2.83. The van der Waals surface area contributed by atoms with Crippen molar-refractivity contribution in [1.29, 1.82) is 0 Å². The number of methoxy groups -OCH3 is 2. The smallest absolute Gasteiger partial charge is 0.351 e. The van der Waals surface area contributed by atoms with E-state index in [4.69, 9.17) is 9.47 Å². The molecule has 1 heterocycles. The van der Waals surface area contributed by atoms with E-state index >= 15 is 0 Å². The topological polar surface area (TPSA) is 76.7 Å². The molecule has 0 unspecified atom stereocenters. The summed E-state index contributed by atoms with van der Waals surface area (Å²) in [6, 6.07) is 12.6. The quantitative estimate of drug-likeness (QED) is 0.656. The van der Waals surface area contributed by atoms with Crippen LogP contribution in [0.1, 0.15) is 15.2 Å². The number of anilines is 2. The van der Waals surface area contributed by atoms with Crippen LogP contribution in [0.4, 0.5) is 16.2 Å². The van der Waals surface area contributed by atoms with Crippen LogP contribution in [0, 0.1) is 6.92 Å². The van der Waals surface area contributed by atoms with Gasteiger partial charge in [-0.05, 0) is 42.8 Å². The molecular formula is C19H18N2O4S. The molecule has 2 aromatic carbocycles. The first-order valence-electron chi connectivity index (χ1n) is 7.85. The zero-order valence-corrected chi connectivity index (χ0v) is 15.4. The van der Waals surface area contributed by atoms with Crippen molar-refractivity contribution in [2.75, 3.05) is 24.9 Å². The van der Waals surface area contributed by atoms with Gasteiger partial charge in [-0.1, -0.05) is 12.1 Å². The number of aryl methyl sites for hydroxylation is 1. The van der Waals surface area contributed by atoms with Crippen LogP contribution in [0.3, 0.4) is 0 Å². The molecule has 0 bridgehead atoms. The minimum Gasteiger partial charge on any atom is -0.494 e. The molecule has 0 saturated carbocycles. The number of thiophene rings is 1. The number of urea groups is 1. The molecule has 6 nitrogen and oxygen atoms in total. The van der Waals surface area contributed by atoms with E-state index in [1.165, 1.54) is 25.6 Å². The fourth-order valence-electron chi connectivity index (χ4n) is 2.60. The minimum absolute atomic E-state index is 0.350. The Morgan fingerprint density at radius 1 is 1.00 bits per heavy atom. The van der Waals surface area contributed by atoms with Crippen molar-refractivity contribution in [3.8, 4) is 5.75 Å². The van der Waals surface area contributed by atoms with Crippen LogP contribution in [0.5, 0.6) is 5.75 Å². The zero-order chi connectivity index (χ0) is 18.7. The Morgan fingerprint density at radius 3 is 2.38 bits per heavy atom. The number of rotatable bonds is 4. The van der Waals surface area contributed by atoms with E-state index in [-0.39, 0.29) is 6.03 Å². The highest BCUT2D eigenvalue weighted by molar-refractivity contribution is 7.21. The van der Waals surface area contributed by atoms with E-state index in [0.29, 0.717) is 22.0 Å². The molecule has 1 aromatic heterocycles. The molecule has 26 heavy (non-hydrogen) atoms. The summed E-state index contributed by atoms with van der Waals surface area (Å²) in [5.74, 6) is -0.00524. The fourth-order valence-corrected chi connectivity index (χ4v) is 3.67. The Bertz CT molecular complexity index is 981. The highest BCUT2D eigenvalue weighted by atomic mass is 32.1. The predicted molar refractivity (Wildman–Crippen MR) is 104 cm³/mol. The van der Waals surface area contributed by atoms with Crippen LogP contribution in [0.25, 0.3) is 10.1 Å². The maximum absolute atomic E-state index is 12.2. The zero-order valence-electron chi connectivity index (χ0n) is 14.6. The molecule has 3 aromatic rings. The standard InChI is InChI=1S/C19H18N2O4S/c1-11-5-4-6-12(9-11)20-19(23)21-13-7-8-15-14(10-13)16(24-2)17(26-15)18(22)25-3/h4-10H,1-3H3,(H2,20,21,23). The van der Waals surface area contributed by atoms with E-state index in [1.807, 2.05) is 37.3 Å². The second-order valence-electron chi connectivity index (χ2n) is 5.62. The number of ether oxygens (including phenoxy) is 2. The van der Waals surface area contributed by atoms with Crippen molar-refractivity contribution < 1.29 is 19.1 Å². The number of carbonyl (C=O) groups excluding carboxylic acids is 2. The second-order valence-corrected chi connectivity index (χ2v) is 6.67. The van der Waals surface area contributed by atoms with Gasteiger partial charge in [0.1, 0.15) is 0 Å². The third kappa shape index (κ3) is 3.62. The summed E-state index contributed by atoms with van der Waals surface area (Å²) in [5.41, 5.74) is 2.36. The molecule has 134 valence electrons. The van der Waals surface area contributed by atoms with Gasteiger partial charge in [0.2, 0.25) is 0 Å². The molecule has 0 radical (unpaired) electrons. The lowest BCUT2D eigenvalue weighted by Crippen LogP contribution is -2.19. The van der Waals surface area contributed by atoms with Crippen molar-refractivity contribution in [3.63, 3.8) is 0 Å². The largest absolute Gasteiger partial charge is 0.494 e. The number of hydrogen-bond donors (Lipinski definition) is 2. The molecule has 0 aliphatic carbocycles. The van der Waals surface area contributed by atoms with E-state index in [0.717, 1.165) is 15.6 Å². The monoisotopic (exact) mass is 370 g/mol. The SMILES string of the molecule is COC(=O)c1sc2ccc(NC(=O)Nc3cccc(C)c3)cc2c1OC. The molecule has 0 spiro atoms. The van der Waals surface area contributed by atoms with Gasteiger partial charge >= 0.3 is 12.0 Å². The lowest BCUT2D eigenvalue weighted by Gasteiger charge is -2.09. The van der Waals surface area contributed by atoms with Gasteiger partial charge in [-0.25, -0.2) is 9.59 Å². The van der Waals surface area contributed by atoms with Gasteiger partial charge in [0.05, 0.1) is 14.2 Å². The summed E-state index contributed by atoms with van der Waals surface area (Å²) < 4.78 is 11.0. The normalized spacial score (nSPS) is 10.4. The summed E-state index contributed by atoms with van der Waals surface area (Å²) in [6.07, 6.45) is 0. The Kier molecular flexibility index (Phi) is 5.09. The Labute approximate surface area is 154 Å². The maximum Gasteiger partial charge on any atom is 0.351 e. The van der Waals surface area contributed by atoms with Gasteiger partial charge in [-0.15, -0.1) is 11.3 Å². The first-order valence-corrected chi connectivity index (χ1v) is 8.67. The Hall–Kier alpha value is -3.06. The van der Waals surface area contributed by atoms with Crippen molar-refractivity contribution in [2.45, 2.75) is 6.92 Å². The van der Waals surface area contributed by atoms with Crippen molar-refractivity contribution in [3.05, 3.63) is 52.9 Å². The van der Waals surface area contributed by atoms with Crippen molar-refractivity contribution in [1.82, 2.24) is 0 Å². The maximum atomic E-state index is 12.2. The number of fused-ring (bicyclic) bond motifs is 1. The third-order valence-corrected chi connectivity index (χ3v) is 4.88. The Morgan fingerprint density at radius 2 is 1.73 bits per heavy atom. The van der Waals surface area contributed by atoms with Gasteiger partial charge in [0.15, 0.2) is 10.6 Å². The van der Waals surface area contributed by atoms with Gasteiger partial charge < -0.3 is 20.1 Å². The van der Waals surface area contributed by atoms with Crippen LogP contribution in [0.2, 0.25) is 0 Å². The van der Waals surface area contributed by atoms with Crippen LogP contribution < -0.4 is 15.4 Å². The molecule has 0 fully saturated rings. The van der Waals surface area contributed by atoms with Crippen LogP contribution >= 0.6 is 11.3 Å². The number of benzene rings is 2. The Balaban J connectivity index is 1.84. The molecule has 2 N–H and O–H groups in total. The summed E-state index contributed by atoms with van der Waals surface area (Å²) in [6.45, 7) is 1.96.